The number of imide groups is 1. The first kappa shape index (κ1) is 11.4. The molecule has 0 saturated carbocycles. The van der Waals surface area contributed by atoms with Crippen molar-refractivity contribution in [3.05, 3.63) is 40.3 Å². The lowest BCUT2D eigenvalue weighted by atomic mass is 10.1. The molecular weight excluding hydrogens is 290 g/mol. The highest BCUT2D eigenvalue weighted by molar-refractivity contribution is 9.08. The van der Waals surface area contributed by atoms with Gasteiger partial charge in [0, 0.05) is 5.33 Å². The van der Waals surface area contributed by atoms with E-state index in [0.717, 1.165) is 22.7 Å². The molecule has 1 aliphatic rings. The number of thioether (sulfide) groups is 1. The first-order chi connectivity index (χ1) is 7.69. The van der Waals surface area contributed by atoms with Crippen LogP contribution in [-0.2, 0) is 10.1 Å². The van der Waals surface area contributed by atoms with Crippen molar-refractivity contribution in [2.45, 2.75) is 5.33 Å². The van der Waals surface area contributed by atoms with E-state index < -0.39 is 0 Å². The van der Waals surface area contributed by atoms with E-state index in [4.69, 9.17) is 0 Å². The molecule has 0 unspecified atom stereocenters. The van der Waals surface area contributed by atoms with E-state index in [9.17, 15) is 9.59 Å². The number of hydrogen-bond acceptors (Lipinski definition) is 3. The van der Waals surface area contributed by atoms with Crippen molar-refractivity contribution in [2.75, 3.05) is 0 Å². The average Bonchev–Trinajstić information content (AvgIpc) is 2.59. The van der Waals surface area contributed by atoms with E-state index in [1.165, 1.54) is 5.56 Å². The Kier molecular flexibility index (Phi) is 3.46. The van der Waals surface area contributed by atoms with E-state index in [-0.39, 0.29) is 11.1 Å². The second-order valence-electron chi connectivity index (χ2n) is 3.23. The lowest BCUT2D eigenvalue weighted by molar-refractivity contribution is -0.115. The van der Waals surface area contributed by atoms with Crippen LogP contribution >= 0.6 is 27.7 Å². The molecule has 82 valence electrons. The Hall–Kier alpha value is -1.07. The maximum atomic E-state index is 11.3. The third-order valence-corrected chi connectivity index (χ3v) is 3.53. The molecule has 0 bridgehead atoms. The van der Waals surface area contributed by atoms with Crippen LogP contribution in [0.1, 0.15) is 11.1 Å². The predicted octanol–water partition coefficient (Wildman–Crippen LogP) is 2.91. The number of hydrogen-bond donors (Lipinski definition) is 1. The van der Waals surface area contributed by atoms with Gasteiger partial charge in [0.25, 0.3) is 11.1 Å². The molecule has 2 rings (SSSR count). The minimum absolute atomic E-state index is 0.312. The van der Waals surface area contributed by atoms with E-state index in [0.29, 0.717) is 4.91 Å². The van der Waals surface area contributed by atoms with Gasteiger partial charge in [0.1, 0.15) is 0 Å². The Labute approximate surface area is 105 Å². The second-order valence-corrected chi connectivity index (χ2v) is 4.80. The van der Waals surface area contributed by atoms with Crippen molar-refractivity contribution in [3.63, 3.8) is 0 Å². The van der Waals surface area contributed by atoms with Gasteiger partial charge < -0.3 is 0 Å². The highest BCUT2D eigenvalue weighted by Crippen LogP contribution is 2.25. The Morgan fingerprint density at radius 1 is 1.25 bits per heavy atom. The number of rotatable bonds is 2. The molecule has 0 aromatic heterocycles. The van der Waals surface area contributed by atoms with Crippen LogP contribution in [0.4, 0.5) is 4.79 Å². The fourth-order valence-electron chi connectivity index (χ4n) is 1.28. The summed E-state index contributed by atoms with van der Waals surface area (Å²) in [6.07, 6.45) is 1.71. The molecule has 2 amide bonds. The van der Waals surface area contributed by atoms with Gasteiger partial charge in [-0.25, -0.2) is 0 Å². The molecule has 1 saturated heterocycles. The zero-order chi connectivity index (χ0) is 11.5. The molecule has 3 nitrogen and oxygen atoms in total. The van der Waals surface area contributed by atoms with Crippen molar-refractivity contribution in [3.8, 4) is 0 Å². The molecule has 16 heavy (non-hydrogen) atoms. The summed E-state index contributed by atoms with van der Waals surface area (Å²) in [5.41, 5.74) is 2.08. The minimum Gasteiger partial charge on any atom is -0.282 e. The second kappa shape index (κ2) is 4.84. The number of benzene rings is 1. The Morgan fingerprint density at radius 2 is 1.94 bits per heavy atom. The van der Waals surface area contributed by atoms with Crippen LogP contribution in [0.25, 0.3) is 6.08 Å². The van der Waals surface area contributed by atoms with E-state index in [1.807, 2.05) is 24.3 Å². The first-order valence-corrected chi connectivity index (χ1v) is 6.52. The summed E-state index contributed by atoms with van der Waals surface area (Å²) in [5.74, 6) is -0.320. The van der Waals surface area contributed by atoms with Crippen LogP contribution in [-0.4, -0.2) is 11.1 Å². The maximum Gasteiger partial charge on any atom is 0.290 e. The quantitative estimate of drug-likeness (QED) is 0.674. The molecule has 1 N–H and O–H groups in total. The van der Waals surface area contributed by atoms with Crippen molar-refractivity contribution >= 4 is 44.9 Å². The van der Waals surface area contributed by atoms with Gasteiger partial charge in [-0.3, -0.25) is 14.9 Å². The molecule has 0 atom stereocenters. The highest BCUT2D eigenvalue weighted by atomic mass is 79.9. The van der Waals surface area contributed by atoms with Crippen molar-refractivity contribution in [1.82, 2.24) is 5.32 Å². The summed E-state index contributed by atoms with van der Waals surface area (Å²) < 4.78 is 0. The molecule has 0 aliphatic carbocycles. The van der Waals surface area contributed by atoms with E-state index in [1.54, 1.807) is 6.08 Å². The van der Waals surface area contributed by atoms with Crippen LogP contribution < -0.4 is 5.32 Å². The highest BCUT2D eigenvalue weighted by Gasteiger charge is 2.24. The fourth-order valence-corrected chi connectivity index (χ4v) is 2.33. The smallest absolute Gasteiger partial charge is 0.282 e. The van der Waals surface area contributed by atoms with Crippen molar-refractivity contribution < 1.29 is 9.59 Å². The molecule has 0 radical (unpaired) electrons. The van der Waals surface area contributed by atoms with Gasteiger partial charge in [-0.2, -0.15) is 0 Å². The lowest BCUT2D eigenvalue weighted by Gasteiger charge is -1.97. The van der Waals surface area contributed by atoms with Crippen LogP contribution in [0.15, 0.2) is 29.2 Å². The largest absolute Gasteiger partial charge is 0.290 e. The monoisotopic (exact) mass is 297 g/mol. The summed E-state index contributed by atoms with van der Waals surface area (Å²) in [7, 11) is 0. The zero-order valence-corrected chi connectivity index (χ0v) is 10.6. The van der Waals surface area contributed by atoms with E-state index in [2.05, 4.69) is 21.2 Å². The van der Waals surface area contributed by atoms with Crippen LogP contribution in [0.2, 0.25) is 0 Å². The number of halogens is 1. The van der Waals surface area contributed by atoms with Gasteiger partial charge in [0.05, 0.1) is 4.91 Å². The molecular formula is C11H8BrNO2S. The van der Waals surface area contributed by atoms with Crippen LogP contribution in [0.5, 0.6) is 0 Å². The number of amides is 2. The summed E-state index contributed by atoms with van der Waals surface area (Å²) >= 11 is 4.29. The topological polar surface area (TPSA) is 46.2 Å². The van der Waals surface area contributed by atoms with Crippen LogP contribution in [0.3, 0.4) is 0 Å². The number of nitrogens with one attached hydrogen (secondary N) is 1. The molecule has 1 heterocycles. The summed E-state index contributed by atoms with van der Waals surface area (Å²) in [6.45, 7) is 0. The van der Waals surface area contributed by atoms with Gasteiger partial charge in [0.2, 0.25) is 0 Å². The molecule has 5 heteroatoms. The Morgan fingerprint density at radius 3 is 2.44 bits per heavy atom. The van der Waals surface area contributed by atoms with Gasteiger partial charge in [-0.05, 0) is 29.0 Å². The Bertz CT molecular complexity index is 467. The molecule has 1 fully saturated rings. The predicted molar refractivity (Wildman–Crippen MR) is 68.2 cm³/mol. The minimum atomic E-state index is -0.320. The zero-order valence-electron chi connectivity index (χ0n) is 8.20. The first-order valence-electron chi connectivity index (χ1n) is 4.59. The average molecular weight is 298 g/mol. The van der Waals surface area contributed by atoms with Gasteiger partial charge >= 0.3 is 0 Å². The van der Waals surface area contributed by atoms with E-state index >= 15 is 0 Å². The molecule has 1 aromatic rings. The third kappa shape index (κ3) is 2.54. The third-order valence-electron chi connectivity index (χ3n) is 2.07. The number of alkyl halides is 1. The SMILES string of the molecule is O=C1NC(=O)/C(=C\c2ccc(CBr)cc2)S1. The summed E-state index contributed by atoms with van der Waals surface area (Å²) in [5, 5.41) is 2.71. The van der Waals surface area contributed by atoms with Crippen LogP contribution in [0, 0.1) is 0 Å². The lowest BCUT2D eigenvalue weighted by Crippen LogP contribution is -2.17. The van der Waals surface area contributed by atoms with Gasteiger partial charge in [0.15, 0.2) is 0 Å². The van der Waals surface area contributed by atoms with Gasteiger partial charge in [-0.15, -0.1) is 0 Å². The molecule has 1 aromatic carbocycles. The summed E-state index contributed by atoms with van der Waals surface area (Å²) in [6, 6.07) is 7.78. The number of carbonyl (C=O) groups is 2. The molecule has 0 spiro atoms. The van der Waals surface area contributed by atoms with Crippen molar-refractivity contribution in [2.24, 2.45) is 0 Å². The molecule has 1 aliphatic heterocycles. The Balaban J connectivity index is 2.22. The standard InChI is InChI=1S/C11H8BrNO2S/c12-6-8-3-1-7(2-4-8)5-9-10(14)13-11(15)16-9/h1-5H,6H2,(H,13,14,15)/b9-5+. The maximum absolute atomic E-state index is 11.3. The summed E-state index contributed by atoms with van der Waals surface area (Å²) in [4.78, 5) is 22.7. The normalized spacial score (nSPS) is 17.9. The fraction of sp³-hybridized carbons (Fsp3) is 0.0909. The number of carbonyl (C=O) groups excluding carboxylic acids is 2. The van der Waals surface area contributed by atoms with Gasteiger partial charge in [-0.1, -0.05) is 40.2 Å². The van der Waals surface area contributed by atoms with Crippen molar-refractivity contribution in [1.29, 1.82) is 0 Å².